The summed E-state index contributed by atoms with van der Waals surface area (Å²) in [5.41, 5.74) is 0. The van der Waals surface area contributed by atoms with E-state index < -0.39 is 16.6 Å². The number of esters is 1. The van der Waals surface area contributed by atoms with E-state index in [1.54, 1.807) is 0 Å². The van der Waals surface area contributed by atoms with Crippen molar-refractivity contribution in [2.45, 2.75) is 70.8 Å². The lowest BCUT2D eigenvalue weighted by molar-refractivity contribution is -0.140. The molecular weight excluding hydrogens is 300 g/mol. The summed E-state index contributed by atoms with van der Waals surface area (Å²) >= 11 is 0. The van der Waals surface area contributed by atoms with Crippen LogP contribution in [0.5, 0.6) is 0 Å². The third-order valence-electron chi connectivity index (χ3n) is 2.69. The summed E-state index contributed by atoms with van der Waals surface area (Å²) in [5, 5.41) is 0. The molecule has 0 rings (SSSR count). The zero-order chi connectivity index (χ0) is 16.7. The fraction of sp³-hybridized carbons (Fsp3) is 0.800. The standard InChI is InChI=1S/C15H32O4Si2/c1-9-13(18-20(3,4)5)14(19-21(6,7)8)11-10-12-15(16)17-2/h9,13-14H,1,10-12H2,2-8H3/t13-,14+/m1/s1. The normalized spacial score (nSPS) is 15.4. The van der Waals surface area contributed by atoms with Gasteiger partial charge in [-0.05, 0) is 52.1 Å². The molecule has 0 N–H and O–H groups in total. The topological polar surface area (TPSA) is 44.8 Å². The van der Waals surface area contributed by atoms with Crippen molar-refractivity contribution in [3.63, 3.8) is 0 Å². The number of hydrogen-bond donors (Lipinski definition) is 0. The third-order valence-corrected chi connectivity index (χ3v) is 4.68. The summed E-state index contributed by atoms with van der Waals surface area (Å²) in [6.45, 7) is 16.9. The summed E-state index contributed by atoms with van der Waals surface area (Å²) in [6.07, 6.45) is 3.62. The van der Waals surface area contributed by atoms with Crippen LogP contribution < -0.4 is 0 Å². The smallest absolute Gasteiger partial charge is 0.305 e. The molecule has 0 saturated heterocycles. The van der Waals surface area contributed by atoms with Gasteiger partial charge in [0.15, 0.2) is 16.6 Å². The lowest BCUT2D eigenvalue weighted by Crippen LogP contribution is -2.43. The van der Waals surface area contributed by atoms with Crippen molar-refractivity contribution in [2.75, 3.05) is 7.11 Å². The highest BCUT2D eigenvalue weighted by Gasteiger charge is 2.30. The van der Waals surface area contributed by atoms with Crippen molar-refractivity contribution >= 4 is 22.6 Å². The van der Waals surface area contributed by atoms with Gasteiger partial charge in [0.2, 0.25) is 0 Å². The first-order valence-electron chi connectivity index (χ1n) is 7.53. The van der Waals surface area contributed by atoms with Crippen molar-refractivity contribution in [1.82, 2.24) is 0 Å². The highest BCUT2D eigenvalue weighted by Crippen LogP contribution is 2.21. The Labute approximate surface area is 132 Å². The van der Waals surface area contributed by atoms with E-state index in [0.29, 0.717) is 6.42 Å². The predicted octanol–water partition coefficient (Wildman–Crippen LogP) is 3.96. The van der Waals surface area contributed by atoms with Crippen LogP contribution in [0, 0.1) is 0 Å². The SMILES string of the molecule is C=C[C@@H](O[Si](C)(C)C)[C@H](CCCC(=O)OC)O[Si](C)(C)C. The molecule has 0 aliphatic heterocycles. The van der Waals surface area contributed by atoms with Gasteiger partial charge in [0.05, 0.1) is 19.3 Å². The lowest BCUT2D eigenvalue weighted by atomic mass is 10.1. The molecule has 0 saturated carbocycles. The van der Waals surface area contributed by atoms with Crippen LogP contribution in [0.2, 0.25) is 39.3 Å². The van der Waals surface area contributed by atoms with E-state index in [9.17, 15) is 4.79 Å². The minimum Gasteiger partial charge on any atom is -0.469 e. The first-order chi connectivity index (χ1) is 9.48. The van der Waals surface area contributed by atoms with Crippen molar-refractivity contribution < 1.29 is 18.4 Å². The molecule has 0 aromatic heterocycles. The van der Waals surface area contributed by atoms with Gasteiger partial charge in [-0.3, -0.25) is 4.79 Å². The molecule has 0 unspecified atom stereocenters. The molecule has 21 heavy (non-hydrogen) atoms. The molecule has 6 heteroatoms. The van der Waals surface area contributed by atoms with Gasteiger partial charge < -0.3 is 13.6 Å². The van der Waals surface area contributed by atoms with Gasteiger partial charge in [-0.2, -0.15) is 0 Å². The Bertz CT molecular complexity index is 332. The molecule has 0 aliphatic carbocycles. The number of rotatable bonds is 10. The van der Waals surface area contributed by atoms with E-state index in [1.165, 1.54) is 7.11 Å². The van der Waals surface area contributed by atoms with Gasteiger partial charge in [0, 0.05) is 6.42 Å². The Hall–Kier alpha value is -0.436. The first-order valence-corrected chi connectivity index (χ1v) is 14.3. The zero-order valence-corrected chi connectivity index (χ0v) is 16.7. The summed E-state index contributed by atoms with van der Waals surface area (Å²) in [6, 6.07) is 0. The monoisotopic (exact) mass is 332 g/mol. The summed E-state index contributed by atoms with van der Waals surface area (Å²) in [4.78, 5) is 11.2. The van der Waals surface area contributed by atoms with Crippen molar-refractivity contribution in [1.29, 1.82) is 0 Å². The summed E-state index contributed by atoms with van der Waals surface area (Å²) in [5.74, 6) is -0.178. The fourth-order valence-electron chi connectivity index (χ4n) is 1.98. The lowest BCUT2D eigenvalue weighted by Gasteiger charge is -2.34. The Morgan fingerprint density at radius 2 is 1.62 bits per heavy atom. The van der Waals surface area contributed by atoms with E-state index in [2.05, 4.69) is 50.6 Å². The van der Waals surface area contributed by atoms with Crippen LogP contribution in [-0.4, -0.2) is 41.9 Å². The maximum atomic E-state index is 11.2. The second-order valence-electron chi connectivity index (χ2n) is 7.17. The van der Waals surface area contributed by atoms with Gasteiger partial charge in [-0.1, -0.05) is 6.08 Å². The number of hydrogen-bond acceptors (Lipinski definition) is 4. The minimum absolute atomic E-state index is 0.0365. The van der Waals surface area contributed by atoms with Gasteiger partial charge in [0.1, 0.15) is 0 Å². The molecule has 0 aromatic rings. The summed E-state index contributed by atoms with van der Waals surface area (Å²) in [7, 11) is -1.95. The van der Waals surface area contributed by atoms with E-state index >= 15 is 0 Å². The molecule has 4 nitrogen and oxygen atoms in total. The van der Waals surface area contributed by atoms with Crippen LogP contribution in [0.25, 0.3) is 0 Å². The largest absolute Gasteiger partial charge is 0.469 e. The molecule has 0 heterocycles. The fourth-order valence-corrected chi connectivity index (χ4v) is 4.20. The minimum atomic E-state index is -1.69. The van der Waals surface area contributed by atoms with Crippen LogP contribution in [0.3, 0.4) is 0 Å². The molecule has 2 atom stereocenters. The van der Waals surface area contributed by atoms with Crippen LogP contribution in [-0.2, 0) is 18.4 Å². The number of ether oxygens (including phenoxy) is 1. The van der Waals surface area contributed by atoms with Crippen LogP contribution >= 0.6 is 0 Å². The molecule has 124 valence electrons. The maximum absolute atomic E-state index is 11.2. The Kier molecular flexibility index (Phi) is 8.69. The highest BCUT2D eigenvalue weighted by molar-refractivity contribution is 6.70. The Balaban J connectivity index is 4.77. The van der Waals surface area contributed by atoms with Gasteiger partial charge >= 0.3 is 5.97 Å². The van der Waals surface area contributed by atoms with E-state index in [1.807, 2.05) is 6.08 Å². The van der Waals surface area contributed by atoms with Gasteiger partial charge in [-0.15, -0.1) is 6.58 Å². The van der Waals surface area contributed by atoms with Crippen molar-refractivity contribution in [2.24, 2.45) is 0 Å². The van der Waals surface area contributed by atoms with E-state index in [-0.39, 0.29) is 18.2 Å². The molecule has 0 spiro atoms. The molecule has 0 amide bonds. The summed E-state index contributed by atoms with van der Waals surface area (Å²) < 4.78 is 17.1. The average molecular weight is 333 g/mol. The second-order valence-corrected chi connectivity index (χ2v) is 16.1. The number of carbonyl (C=O) groups excluding carboxylic acids is 1. The second kappa shape index (κ2) is 8.87. The van der Waals surface area contributed by atoms with Crippen molar-refractivity contribution in [3.05, 3.63) is 12.7 Å². The molecule has 0 radical (unpaired) electrons. The Morgan fingerprint density at radius 1 is 1.10 bits per heavy atom. The molecule has 0 aliphatic rings. The predicted molar refractivity (Wildman–Crippen MR) is 92.5 cm³/mol. The molecule has 0 fully saturated rings. The van der Waals surface area contributed by atoms with Crippen molar-refractivity contribution in [3.8, 4) is 0 Å². The van der Waals surface area contributed by atoms with Crippen LogP contribution in [0.1, 0.15) is 19.3 Å². The molecule has 0 aromatic carbocycles. The number of carbonyl (C=O) groups is 1. The highest BCUT2D eigenvalue weighted by atomic mass is 28.4. The Morgan fingerprint density at radius 3 is 2.00 bits per heavy atom. The van der Waals surface area contributed by atoms with E-state index in [4.69, 9.17) is 8.85 Å². The van der Waals surface area contributed by atoms with Crippen LogP contribution in [0.4, 0.5) is 0 Å². The maximum Gasteiger partial charge on any atom is 0.305 e. The molecular formula is C15H32O4Si2. The number of methoxy groups -OCH3 is 1. The molecule has 0 bridgehead atoms. The van der Waals surface area contributed by atoms with Gasteiger partial charge in [0.25, 0.3) is 0 Å². The van der Waals surface area contributed by atoms with Gasteiger partial charge in [-0.25, -0.2) is 0 Å². The average Bonchev–Trinajstić information content (AvgIpc) is 2.31. The third kappa shape index (κ3) is 10.9. The van der Waals surface area contributed by atoms with Crippen LogP contribution in [0.15, 0.2) is 12.7 Å². The first kappa shape index (κ1) is 20.6. The zero-order valence-electron chi connectivity index (χ0n) is 14.7. The van der Waals surface area contributed by atoms with E-state index in [0.717, 1.165) is 12.8 Å². The quantitative estimate of drug-likeness (QED) is 0.345.